The molecule has 0 aromatic heterocycles. The van der Waals surface area contributed by atoms with Crippen molar-refractivity contribution in [2.75, 3.05) is 20.1 Å². The summed E-state index contributed by atoms with van der Waals surface area (Å²) in [6.07, 6.45) is -4.26. The van der Waals surface area contributed by atoms with Crippen molar-refractivity contribution in [1.29, 1.82) is 0 Å². The molecule has 1 N–H and O–H groups in total. The predicted octanol–water partition coefficient (Wildman–Crippen LogP) is 2.67. The highest BCUT2D eigenvalue weighted by Crippen LogP contribution is 2.31. The SMILES string of the molecule is CC(c1ccc(C(F)(F)F)cc1)N(C)C1CNC1. The Morgan fingerprint density at radius 2 is 1.78 bits per heavy atom. The number of rotatable bonds is 3. The first-order valence-electron chi connectivity index (χ1n) is 5.99. The zero-order chi connectivity index (χ0) is 13.3. The highest BCUT2D eigenvalue weighted by molar-refractivity contribution is 5.26. The lowest BCUT2D eigenvalue weighted by Gasteiger charge is -2.39. The van der Waals surface area contributed by atoms with Crippen molar-refractivity contribution < 1.29 is 13.2 Å². The van der Waals surface area contributed by atoms with E-state index in [0.717, 1.165) is 30.8 Å². The molecule has 1 aromatic rings. The van der Waals surface area contributed by atoms with Crippen LogP contribution in [0.15, 0.2) is 24.3 Å². The summed E-state index contributed by atoms with van der Waals surface area (Å²) in [6, 6.07) is 6.03. The van der Waals surface area contributed by atoms with Gasteiger partial charge in [-0.3, -0.25) is 4.90 Å². The number of halogens is 3. The van der Waals surface area contributed by atoms with E-state index >= 15 is 0 Å². The van der Waals surface area contributed by atoms with Crippen molar-refractivity contribution in [3.63, 3.8) is 0 Å². The quantitative estimate of drug-likeness (QED) is 0.896. The van der Waals surface area contributed by atoms with Gasteiger partial charge in [0.05, 0.1) is 5.56 Å². The molecule has 5 heteroatoms. The zero-order valence-corrected chi connectivity index (χ0v) is 10.5. The minimum atomic E-state index is -4.26. The van der Waals surface area contributed by atoms with Crippen LogP contribution in [0.2, 0.25) is 0 Å². The molecule has 0 aliphatic carbocycles. The second kappa shape index (κ2) is 4.90. The highest BCUT2D eigenvalue weighted by atomic mass is 19.4. The maximum Gasteiger partial charge on any atom is 0.416 e. The number of benzene rings is 1. The van der Waals surface area contributed by atoms with E-state index in [9.17, 15) is 13.2 Å². The third-order valence-corrected chi connectivity index (χ3v) is 3.67. The largest absolute Gasteiger partial charge is 0.416 e. The molecule has 18 heavy (non-hydrogen) atoms. The number of hydrogen-bond acceptors (Lipinski definition) is 2. The molecule has 2 rings (SSSR count). The molecular weight excluding hydrogens is 241 g/mol. The van der Waals surface area contributed by atoms with Gasteiger partial charge in [-0.05, 0) is 31.7 Å². The molecule has 1 saturated heterocycles. The molecule has 1 fully saturated rings. The van der Waals surface area contributed by atoms with Gasteiger partial charge in [-0.1, -0.05) is 12.1 Å². The third kappa shape index (κ3) is 2.67. The molecule has 100 valence electrons. The standard InChI is InChI=1S/C13H17F3N2/c1-9(18(2)12-7-17-8-12)10-3-5-11(6-4-10)13(14,15)16/h3-6,9,12,17H,7-8H2,1-2H3. The van der Waals surface area contributed by atoms with Crippen LogP contribution in [0.1, 0.15) is 24.1 Å². The van der Waals surface area contributed by atoms with E-state index in [1.807, 2.05) is 14.0 Å². The molecule has 0 radical (unpaired) electrons. The van der Waals surface area contributed by atoms with Crippen LogP contribution in [0.3, 0.4) is 0 Å². The minimum absolute atomic E-state index is 0.124. The van der Waals surface area contributed by atoms with Crippen molar-refractivity contribution in [1.82, 2.24) is 10.2 Å². The molecule has 1 aromatic carbocycles. The van der Waals surface area contributed by atoms with Gasteiger partial charge in [0.1, 0.15) is 0 Å². The Labute approximate surface area is 105 Å². The summed E-state index contributed by atoms with van der Waals surface area (Å²) in [5.41, 5.74) is 0.323. The second-order valence-electron chi connectivity index (χ2n) is 4.77. The van der Waals surface area contributed by atoms with Crippen LogP contribution >= 0.6 is 0 Å². The van der Waals surface area contributed by atoms with Gasteiger partial charge in [0, 0.05) is 25.2 Å². The highest BCUT2D eigenvalue weighted by Gasteiger charge is 2.31. The number of likely N-dealkylation sites (N-methyl/N-ethyl adjacent to an activating group) is 1. The molecule has 1 atom stereocenters. The Kier molecular flexibility index (Phi) is 3.64. The van der Waals surface area contributed by atoms with E-state index in [1.54, 1.807) is 12.1 Å². The first kappa shape index (κ1) is 13.4. The van der Waals surface area contributed by atoms with Gasteiger partial charge in [0.15, 0.2) is 0 Å². The molecule has 2 nitrogen and oxygen atoms in total. The van der Waals surface area contributed by atoms with Crippen LogP contribution < -0.4 is 5.32 Å². The van der Waals surface area contributed by atoms with Gasteiger partial charge < -0.3 is 5.32 Å². The third-order valence-electron chi connectivity index (χ3n) is 3.67. The molecule has 0 saturated carbocycles. The molecule has 0 amide bonds. The summed E-state index contributed by atoms with van der Waals surface area (Å²) in [7, 11) is 2.01. The van der Waals surface area contributed by atoms with Crippen LogP contribution in [0.5, 0.6) is 0 Å². The summed E-state index contributed by atoms with van der Waals surface area (Å²) in [5.74, 6) is 0. The predicted molar refractivity (Wildman–Crippen MR) is 64.3 cm³/mol. The Morgan fingerprint density at radius 1 is 1.22 bits per heavy atom. The second-order valence-corrected chi connectivity index (χ2v) is 4.77. The molecule has 1 aliphatic heterocycles. The summed E-state index contributed by atoms with van der Waals surface area (Å²) < 4.78 is 37.4. The lowest BCUT2D eigenvalue weighted by Crippen LogP contribution is -2.56. The molecule has 1 aliphatic rings. The van der Waals surface area contributed by atoms with E-state index in [-0.39, 0.29) is 6.04 Å². The van der Waals surface area contributed by atoms with Crippen molar-refractivity contribution in [2.24, 2.45) is 0 Å². The average molecular weight is 258 g/mol. The van der Waals surface area contributed by atoms with Crippen LogP contribution in [0.25, 0.3) is 0 Å². The summed E-state index contributed by atoms with van der Waals surface area (Å²) in [5, 5.41) is 3.19. The monoisotopic (exact) mass is 258 g/mol. The normalized spacial score (nSPS) is 18.8. The lowest BCUT2D eigenvalue weighted by atomic mass is 10.0. The fourth-order valence-electron chi connectivity index (χ4n) is 2.06. The Bertz CT molecular complexity index is 396. The molecule has 1 heterocycles. The van der Waals surface area contributed by atoms with Gasteiger partial charge in [-0.15, -0.1) is 0 Å². The minimum Gasteiger partial charge on any atom is -0.314 e. The number of hydrogen-bond donors (Lipinski definition) is 1. The fraction of sp³-hybridized carbons (Fsp3) is 0.538. The Morgan fingerprint density at radius 3 is 2.17 bits per heavy atom. The summed E-state index contributed by atoms with van der Waals surface area (Å²) >= 11 is 0. The molecule has 1 unspecified atom stereocenters. The van der Waals surface area contributed by atoms with Gasteiger partial charge >= 0.3 is 6.18 Å². The van der Waals surface area contributed by atoms with Gasteiger partial charge in [0.25, 0.3) is 0 Å². The maximum atomic E-state index is 12.5. The fourth-order valence-corrected chi connectivity index (χ4v) is 2.06. The molecule has 0 spiro atoms. The summed E-state index contributed by atoms with van der Waals surface area (Å²) in [6.45, 7) is 3.91. The summed E-state index contributed by atoms with van der Waals surface area (Å²) in [4.78, 5) is 2.19. The van der Waals surface area contributed by atoms with Crippen LogP contribution in [-0.2, 0) is 6.18 Å². The van der Waals surface area contributed by atoms with Gasteiger partial charge in [-0.25, -0.2) is 0 Å². The Hall–Kier alpha value is -1.07. The van der Waals surface area contributed by atoms with E-state index in [2.05, 4.69) is 10.2 Å². The van der Waals surface area contributed by atoms with Crippen LogP contribution in [0, 0.1) is 0 Å². The Balaban J connectivity index is 2.08. The van der Waals surface area contributed by atoms with Gasteiger partial charge in [0.2, 0.25) is 0 Å². The number of nitrogens with zero attached hydrogens (tertiary/aromatic N) is 1. The number of alkyl halides is 3. The van der Waals surface area contributed by atoms with Crippen LogP contribution in [-0.4, -0.2) is 31.1 Å². The lowest BCUT2D eigenvalue weighted by molar-refractivity contribution is -0.137. The molecule has 0 bridgehead atoms. The first-order chi connectivity index (χ1) is 8.39. The van der Waals surface area contributed by atoms with Crippen LogP contribution in [0.4, 0.5) is 13.2 Å². The van der Waals surface area contributed by atoms with E-state index in [4.69, 9.17) is 0 Å². The average Bonchev–Trinajstić information content (AvgIpc) is 2.24. The topological polar surface area (TPSA) is 15.3 Å². The van der Waals surface area contributed by atoms with Gasteiger partial charge in [-0.2, -0.15) is 13.2 Å². The number of nitrogens with one attached hydrogen (secondary N) is 1. The molecular formula is C13H17F3N2. The first-order valence-corrected chi connectivity index (χ1v) is 5.99. The van der Waals surface area contributed by atoms with E-state index in [1.165, 1.54) is 0 Å². The van der Waals surface area contributed by atoms with Crippen molar-refractivity contribution >= 4 is 0 Å². The van der Waals surface area contributed by atoms with E-state index < -0.39 is 11.7 Å². The van der Waals surface area contributed by atoms with Crippen molar-refractivity contribution in [2.45, 2.75) is 25.2 Å². The van der Waals surface area contributed by atoms with Crippen molar-refractivity contribution in [3.8, 4) is 0 Å². The zero-order valence-electron chi connectivity index (χ0n) is 10.5. The smallest absolute Gasteiger partial charge is 0.314 e. The maximum absolute atomic E-state index is 12.5. The van der Waals surface area contributed by atoms with Crippen molar-refractivity contribution in [3.05, 3.63) is 35.4 Å². The van der Waals surface area contributed by atoms with E-state index in [0.29, 0.717) is 6.04 Å².